The van der Waals surface area contributed by atoms with Crippen molar-refractivity contribution in [2.45, 2.75) is 25.4 Å². The molecule has 1 saturated carbocycles. The molecule has 1 aliphatic rings. The van der Waals surface area contributed by atoms with E-state index >= 15 is 0 Å². The highest BCUT2D eigenvalue weighted by Crippen LogP contribution is 2.43. The van der Waals surface area contributed by atoms with Gasteiger partial charge in [-0.05, 0) is 43.0 Å². The van der Waals surface area contributed by atoms with Gasteiger partial charge in [0.2, 0.25) is 0 Å². The van der Waals surface area contributed by atoms with Crippen molar-refractivity contribution >= 4 is 32.6 Å². The number of aliphatic hydroxyl groups is 1. The molecule has 0 aliphatic heterocycles. The van der Waals surface area contributed by atoms with Crippen LogP contribution in [0.2, 0.25) is 0 Å². The van der Waals surface area contributed by atoms with Crippen LogP contribution in [0, 0.1) is 5.92 Å². The number of pyridine rings is 2. The second-order valence-electron chi connectivity index (χ2n) is 8.34. The molecule has 1 N–H and O–H groups in total. The van der Waals surface area contributed by atoms with Crippen molar-refractivity contribution in [3.63, 3.8) is 0 Å². The molecule has 5 heterocycles. The lowest BCUT2D eigenvalue weighted by atomic mass is 9.80. The fourth-order valence-corrected chi connectivity index (χ4v) is 5.47. The highest BCUT2D eigenvalue weighted by atomic mass is 32.1. The van der Waals surface area contributed by atoms with Gasteiger partial charge in [0, 0.05) is 59.5 Å². The zero-order valence-electron chi connectivity index (χ0n) is 17.4. The average Bonchev–Trinajstić information content (AvgIpc) is 3.41. The molecule has 5 aromatic rings. The molecule has 7 nitrogen and oxygen atoms in total. The number of aromatic nitrogens is 6. The highest BCUT2D eigenvalue weighted by molar-refractivity contribution is 7.18. The van der Waals surface area contributed by atoms with Gasteiger partial charge in [-0.25, -0.2) is 9.97 Å². The van der Waals surface area contributed by atoms with Crippen LogP contribution in [-0.2, 0) is 14.1 Å². The summed E-state index contributed by atoms with van der Waals surface area (Å²) in [4.78, 5) is 11.4. The Hall–Kier alpha value is -3.10. The number of aliphatic hydroxyl groups excluding tert-OH is 1. The van der Waals surface area contributed by atoms with E-state index in [-0.39, 0.29) is 0 Å². The van der Waals surface area contributed by atoms with Gasteiger partial charge in [-0.15, -0.1) is 11.3 Å². The van der Waals surface area contributed by atoms with Crippen molar-refractivity contribution < 1.29 is 5.11 Å². The first-order chi connectivity index (χ1) is 15.1. The highest BCUT2D eigenvalue weighted by Gasteiger charge is 2.29. The zero-order chi connectivity index (χ0) is 21.1. The molecule has 1 fully saturated rings. The summed E-state index contributed by atoms with van der Waals surface area (Å²) in [7, 11) is 3.84. The summed E-state index contributed by atoms with van der Waals surface area (Å²) in [6, 6.07) is 8.31. The van der Waals surface area contributed by atoms with Crippen molar-refractivity contribution in [2.24, 2.45) is 20.0 Å². The van der Waals surface area contributed by atoms with Gasteiger partial charge >= 0.3 is 0 Å². The van der Waals surface area contributed by atoms with Gasteiger partial charge in [-0.2, -0.15) is 10.2 Å². The molecular weight excluding hydrogens is 408 g/mol. The Morgan fingerprint density at radius 2 is 2.06 bits per heavy atom. The Labute approximate surface area is 183 Å². The summed E-state index contributed by atoms with van der Waals surface area (Å²) >= 11 is 1.59. The first kappa shape index (κ1) is 18.7. The summed E-state index contributed by atoms with van der Waals surface area (Å²) < 4.78 is 3.65. The van der Waals surface area contributed by atoms with E-state index in [4.69, 9.17) is 4.98 Å². The molecule has 0 saturated heterocycles. The number of nitrogens with zero attached hydrogens (tertiary/aromatic N) is 6. The Kier molecular flexibility index (Phi) is 4.19. The van der Waals surface area contributed by atoms with Crippen molar-refractivity contribution in [3.8, 4) is 22.5 Å². The summed E-state index contributed by atoms with van der Waals surface area (Å²) in [5.74, 6) is 0.366. The van der Waals surface area contributed by atoms with Crippen LogP contribution in [0.1, 0.15) is 30.2 Å². The molecule has 5 aromatic heterocycles. The molecule has 0 radical (unpaired) electrons. The first-order valence-electron chi connectivity index (χ1n) is 10.5. The number of hydrogen-bond donors (Lipinski definition) is 1. The fraction of sp³-hybridized carbons (Fsp3) is 0.304. The Morgan fingerprint density at radius 3 is 2.81 bits per heavy atom. The van der Waals surface area contributed by atoms with E-state index in [0.717, 1.165) is 61.5 Å². The molecule has 6 rings (SSSR count). The van der Waals surface area contributed by atoms with Crippen LogP contribution >= 0.6 is 11.3 Å². The first-order valence-corrected chi connectivity index (χ1v) is 11.3. The van der Waals surface area contributed by atoms with Gasteiger partial charge in [0.25, 0.3) is 0 Å². The van der Waals surface area contributed by atoms with Gasteiger partial charge < -0.3 is 5.11 Å². The van der Waals surface area contributed by atoms with Gasteiger partial charge in [0.05, 0.1) is 17.5 Å². The Balaban J connectivity index is 1.55. The van der Waals surface area contributed by atoms with Crippen molar-refractivity contribution in [1.29, 1.82) is 0 Å². The maximum atomic E-state index is 10.9. The average molecular weight is 431 g/mol. The molecule has 8 heteroatoms. The van der Waals surface area contributed by atoms with Gasteiger partial charge in [0.1, 0.15) is 4.83 Å². The standard InChI is InChI=1S/C23H22N6OS/c1-28-12-15-8-14(11-24-22(15)27-28)18-9-16(19-6-7-25-29(19)2)17-10-20(31-23(17)26-18)21(30)13-4-3-5-13/h6-13,21,30H,3-5H2,1-2H3/t21-/m1/s1. The molecule has 156 valence electrons. The predicted octanol–water partition coefficient (Wildman–Crippen LogP) is 4.48. The van der Waals surface area contributed by atoms with Crippen LogP contribution in [0.5, 0.6) is 0 Å². The third-order valence-electron chi connectivity index (χ3n) is 6.28. The molecule has 1 aliphatic carbocycles. The maximum absolute atomic E-state index is 10.9. The van der Waals surface area contributed by atoms with Crippen LogP contribution in [0.4, 0.5) is 0 Å². The van der Waals surface area contributed by atoms with Crippen LogP contribution in [0.15, 0.2) is 42.9 Å². The molecule has 0 bridgehead atoms. The van der Waals surface area contributed by atoms with E-state index in [1.165, 1.54) is 6.42 Å². The van der Waals surface area contributed by atoms with Crippen molar-refractivity contribution in [3.05, 3.63) is 47.7 Å². The van der Waals surface area contributed by atoms with E-state index in [1.54, 1.807) is 22.2 Å². The topological polar surface area (TPSA) is 81.7 Å². The van der Waals surface area contributed by atoms with E-state index in [2.05, 4.69) is 33.4 Å². The lowest BCUT2D eigenvalue weighted by Gasteiger charge is -2.29. The number of hydrogen-bond acceptors (Lipinski definition) is 6. The summed E-state index contributed by atoms with van der Waals surface area (Å²) in [6.07, 6.45) is 8.59. The summed E-state index contributed by atoms with van der Waals surface area (Å²) in [5, 5.41) is 21.6. The lowest BCUT2D eigenvalue weighted by molar-refractivity contribution is 0.0650. The summed E-state index contributed by atoms with van der Waals surface area (Å²) in [5.41, 5.74) is 4.61. The maximum Gasteiger partial charge on any atom is 0.181 e. The van der Waals surface area contributed by atoms with Gasteiger partial charge in [-0.3, -0.25) is 9.36 Å². The SMILES string of the molecule is Cn1cc2cc(-c3cc(-c4ccnn4C)c4cc([C@H](O)C5CCC5)sc4n3)cnc2n1. The zero-order valence-corrected chi connectivity index (χ0v) is 18.2. The van der Waals surface area contributed by atoms with Gasteiger partial charge in [0.15, 0.2) is 5.65 Å². The minimum Gasteiger partial charge on any atom is -0.387 e. The number of rotatable bonds is 4. The smallest absolute Gasteiger partial charge is 0.181 e. The molecule has 0 amide bonds. The number of aryl methyl sites for hydroxylation is 2. The largest absolute Gasteiger partial charge is 0.387 e. The predicted molar refractivity (Wildman–Crippen MR) is 122 cm³/mol. The molecule has 0 unspecified atom stereocenters. The van der Waals surface area contributed by atoms with E-state index < -0.39 is 6.10 Å². The molecule has 1 atom stereocenters. The van der Waals surface area contributed by atoms with Crippen LogP contribution in [0.3, 0.4) is 0 Å². The third-order valence-corrected chi connectivity index (χ3v) is 7.38. The monoisotopic (exact) mass is 430 g/mol. The van der Waals surface area contributed by atoms with Gasteiger partial charge in [-0.1, -0.05) is 6.42 Å². The second kappa shape index (κ2) is 6.96. The number of thiophene rings is 1. The minimum atomic E-state index is -0.413. The molecule has 0 aromatic carbocycles. The third kappa shape index (κ3) is 3.05. The van der Waals surface area contributed by atoms with E-state index in [1.807, 2.05) is 37.2 Å². The van der Waals surface area contributed by atoms with E-state index in [9.17, 15) is 5.11 Å². The molecule has 0 spiro atoms. The second-order valence-corrected chi connectivity index (χ2v) is 9.40. The van der Waals surface area contributed by atoms with Crippen LogP contribution in [0.25, 0.3) is 43.8 Å². The number of fused-ring (bicyclic) bond motifs is 2. The lowest BCUT2D eigenvalue weighted by Crippen LogP contribution is -2.19. The van der Waals surface area contributed by atoms with Crippen LogP contribution < -0.4 is 0 Å². The minimum absolute atomic E-state index is 0.366. The Bertz CT molecular complexity index is 1430. The van der Waals surface area contributed by atoms with E-state index in [0.29, 0.717) is 5.92 Å². The van der Waals surface area contributed by atoms with Crippen molar-refractivity contribution in [2.75, 3.05) is 0 Å². The molecular formula is C23H22N6OS. The van der Waals surface area contributed by atoms with Crippen molar-refractivity contribution in [1.82, 2.24) is 29.5 Å². The molecule has 31 heavy (non-hydrogen) atoms. The van der Waals surface area contributed by atoms with Crippen LogP contribution in [-0.4, -0.2) is 34.6 Å². The fourth-order valence-electron chi connectivity index (χ4n) is 4.34. The normalized spacial score (nSPS) is 15.6. The summed E-state index contributed by atoms with van der Waals surface area (Å²) in [6.45, 7) is 0. The quantitative estimate of drug-likeness (QED) is 0.455. The Morgan fingerprint density at radius 1 is 1.19 bits per heavy atom.